The Bertz CT molecular complexity index is 439. The maximum absolute atomic E-state index is 12.3. The average molecular weight is 283 g/mol. The number of hydrogen-bond acceptors (Lipinski definition) is 2. The van der Waals surface area contributed by atoms with Crippen molar-refractivity contribution in [3.63, 3.8) is 0 Å². The summed E-state index contributed by atoms with van der Waals surface area (Å²) in [6, 6.07) is 3.63. The van der Waals surface area contributed by atoms with Gasteiger partial charge < -0.3 is 4.74 Å². The molecule has 0 unspecified atom stereocenters. The van der Waals surface area contributed by atoms with Crippen molar-refractivity contribution in [1.82, 2.24) is 0 Å². The zero-order valence-electron chi connectivity index (χ0n) is 12.3. The monoisotopic (exact) mass is 282 g/mol. The molecule has 0 aromatic heterocycles. The zero-order valence-corrected chi connectivity index (χ0v) is 13.0. The molecular formula is C16H23ClO2. The van der Waals surface area contributed by atoms with Gasteiger partial charge >= 0.3 is 0 Å². The molecule has 0 N–H and O–H groups in total. The number of carbonyl (C=O) groups is 1. The molecule has 0 amide bonds. The number of hydrogen-bond donors (Lipinski definition) is 0. The van der Waals surface area contributed by atoms with Crippen molar-refractivity contribution in [3.05, 3.63) is 28.3 Å². The Balaban J connectivity index is 3.23. The van der Waals surface area contributed by atoms with Crippen LogP contribution in [0.5, 0.6) is 5.75 Å². The molecule has 0 atom stereocenters. The molecule has 0 aliphatic heterocycles. The molecule has 0 saturated carbocycles. The Morgan fingerprint density at radius 3 is 2.53 bits per heavy atom. The number of rotatable bonds is 7. The average Bonchev–Trinajstić information content (AvgIpc) is 2.37. The van der Waals surface area contributed by atoms with E-state index in [4.69, 9.17) is 16.3 Å². The first-order valence-electron chi connectivity index (χ1n) is 7.00. The van der Waals surface area contributed by atoms with Crippen LogP contribution in [0.25, 0.3) is 0 Å². The van der Waals surface area contributed by atoms with E-state index in [0.29, 0.717) is 29.4 Å². The summed E-state index contributed by atoms with van der Waals surface area (Å²) in [5.41, 5.74) is 1.64. The minimum absolute atomic E-state index is 0.120. The first-order valence-corrected chi connectivity index (χ1v) is 7.38. The summed E-state index contributed by atoms with van der Waals surface area (Å²) in [4.78, 5) is 12.3. The molecule has 0 spiro atoms. The zero-order chi connectivity index (χ0) is 14.4. The highest BCUT2D eigenvalue weighted by Crippen LogP contribution is 2.34. The van der Waals surface area contributed by atoms with E-state index in [9.17, 15) is 4.79 Å². The topological polar surface area (TPSA) is 26.3 Å². The summed E-state index contributed by atoms with van der Waals surface area (Å²) < 4.78 is 5.71. The second-order valence-electron chi connectivity index (χ2n) is 4.99. The molecule has 19 heavy (non-hydrogen) atoms. The van der Waals surface area contributed by atoms with E-state index < -0.39 is 0 Å². The fraction of sp³-hybridized carbons (Fsp3) is 0.562. The highest BCUT2D eigenvalue weighted by Gasteiger charge is 2.19. The van der Waals surface area contributed by atoms with E-state index in [1.807, 2.05) is 13.0 Å². The summed E-state index contributed by atoms with van der Waals surface area (Å²) in [5.74, 6) is 1.11. The van der Waals surface area contributed by atoms with Crippen LogP contribution >= 0.6 is 11.6 Å². The second kappa shape index (κ2) is 7.54. The van der Waals surface area contributed by atoms with Crippen LogP contribution in [0.2, 0.25) is 5.02 Å². The normalized spacial score (nSPS) is 10.8. The molecule has 1 aromatic carbocycles. The van der Waals surface area contributed by atoms with Crippen molar-refractivity contribution in [2.75, 3.05) is 6.61 Å². The minimum atomic E-state index is 0.120. The quantitative estimate of drug-likeness (QED) is 0.640. The first-order chi connectivity index (χ1) is 9.01. The number of ether oxygens (including phenoxy) is 1. The van der Waals surface area contributed by atoms with E-state index in [1.165, 1.54) is 0 Å². The first kappa shape index (κ1) is 16.0. The lowest BCUT2D eigenvalue weighted by Crippen LogP contribution is -2.07. The molecule has 1 aromatic rings. The third kappa shape index (κ3) is 4.24. The Kier molecular flexibility index (Phi) is 6.36. The van der Waals surface area contributed by atoms with Gasteiger partial charge in [-0.15, -0.1) is 0 Å². The Morgan fingerprint density at radius 1 is 1.32 bits per heavy atom. The van der Waals surface area contributed by atoms with Crippen LogP contribution in [0.15, 0.2) is 12.1 Å². The number of carbonyl (C=O) groups excluding carboxylic acids is 1. The van der Waals surface area contributed by atoms with Crippen molar-refractivity contribution in [2.45, 2.75) is 52.9 Å². The number of benzene rings is 1. The number of Topliss-reactive ketones (excluding diaryl/α,β-unsaturated/α-hetero) is 1. The van der Waals surface area contributed by atoms with Crippen LogP contribution in [-0.2, 0) is 0 Å². The molecule has 0 radical (unpaired) electrons. The third-order valence-corrected chi connectivity index (χ3v) is 3.27. The molecule has 0 aliphatic rings. The molecule has 1 rings (SSSR count). The summed E-state index contributed by atoms with van der Waals surface area (Å²) in [7, 11) is 0. The van der Waals surface area contributed by atoms with Gasteiger partial charge in [-0.1, -0.05) is 38.8 Å². The van der Waals surface area contributed by atoms with E-state index in [1.54, 1.807) is 6.07 Å². The van der Waals surface area contributed by atoms with Gasteiger partial charge in [-0.2, -0.15) is 0 Å². The fourth-order valence-electron chi connectivity index (χ4n) is 2.03. The van der Waals surface area contributed by atoms with Crippen LogP contribution in [0.1, 0.15) is 68.8 Å². The van der Waals surface area contributed by atoms with Gasteiger partial charge in [0, 0.05) is 11.4 Å². The van der Waals surface area contributed by atoms with Gasteiger partial charge in [0.05, 0.1) is 12.2 Å². The lowest BCUT2D eigenvalue weighted by molar-refractivity contribution is 0.0976. The Labute approximate surface area is 121 Å². The van der Waals surface area contributed by atoms with Crippen LogP contribution in [0.4, 0.5) is 0 Å². The molecule has 0 bridgehead atoms. The number of halogens is 1. The number of unbranched alkanes of at least 4 members (excludes halogenated alkanes) is 1. The highest BCUT2D eigenvalue weighted by molar-refractivity contribution is 6.31. The van der Waals surface area contributed by atoms with Gasteiger partial charge in [-0.3, -0.25) is 4.79 Å². The van der Waals surface area contributed by atoms with Crippen molar-refractivity contribution in [2.24, 2.45) is 0 Å². The van der Waals surface area contributed by atoms with Crippen LogP contribution in [0.3, 0.4) is 0 Å². The Morgan fingerprint density at radius 2 is 2.00 bits per heavy atom. The maximum atomic E-state index is 12.3. The molecular weight excluding hydrogens is 260 g/mol. The predicted molar refractivity (Wildman–Crippen MR) is 80.6 cm³/mol. The van der Waals surface area contributed by atoms with E-state index in [2.05, 4.69) is 20.8 Å². The van der Waals surface area contributed by atoms with E-state index in [-0.39, 0.29) is 11.7 Å². The van der Waals surface area contributed by atoms with Gasteiger partial charge in [0.25, 0.3) is 0 Å². The molecule has 0 fully saturated rings. The maximum Gasteiger partial charge on any atom is 0.166 e. The smallest absolute Gasteiger partial charge is 0.166 e. The van der Waals surface area contributed by atoms with Gasteiger partial charge in [0.15, 0.2) is 5.78 Å². The SMILES string of the molecule is CCCCC(=O)c1cc(Cl)cc(C(C)C)c1OCC. The van der Waals surface area contributed by atoms with Crippen LogP contribution in [-0.4, -0.2) is 12.4 Å². The van der Waals surface area contributed by atoms with Gasteiger partial charge in [-0.05, 0) is 37.0 Å². The highest BCUT2D eigenvalue weighted by atomic mass is 35.5. The summed E-state index contributed by atoms with van der Waals surface area (Å²) in [6.45, 7) is 8.71. The van der Waals surface area contributed by atoms with Gasteiger partial charge in [-0.25, -0.2) is 0 Å². The number of ketones is 1. The lowest BCUT2D eigenvalue weighted by Gasteiger charge is -2.17. The molecule has 0 heterocycles. The van der Waals surface area contributed by atoms with Gasteiger partial charge in [0.2, 0.25) is 0 Å². The van der Waals surface area contributed by atoms with E-state index in [0.717, 1.165) is 18.4 Å². The summed E-state index contributed by atoms with van der Waals surface area (Å²) in [6.07, 6.45) is 2.45. The van der Waals surface area contributed by atoms with Crippen molar-refractivity contribution in [1.29, 1.82) is 0 Å². The molecule has 0 aliphatic carbocycles. The summed E-state index contributed by atoms with van der Waals surface area (Å²) >= 11 is 6.14. The summed E-state index contributed by atoms with van der Waals surface area (Å²) in [5, 5.41) is 0.604. The lowest BCUT2D eigenvalue weighted by atomic mass is 9.95. The molecule has 106 valence electrons. The molecule has 3 heteroatoms. The predicted octanol–water partition coefficient (Wildman–Crippen LogP) is 5.24. The standard InChI is InChI=1S/C16H23ClO2/c1-5-7-8-15(18)14-10-12(17)9-13(11(3)4)16(14)19-6-2/h9-11H,5-8H2,1-4H3. The van der Waals surface area contributed by atoms with Crippen LogP contribution in [0, 0.1) is 0 Å². The molecule has 2 nitrogen and oxygen atoms in total. The minimum Gasteiger partial charge on any atom is -0.493 e. The van der Waals surface area contributed by atoms with Crippen molar-refractivity contribution in [3.8, 4) is 5.75 Å². The van der Waals surface area contributed by atoms with Gasteiger partial charge in [0.1, 0.15) is 5.75 Å². The Hall–Kier alpha value is -1.02. The molecule has 0 saturated heterocycles. The van der Waals surface area contributed by atoms with Crippen molar-refractivity contribution >= 4 is 17.4 Å². The van der Waals surface area contributed by atoms with Crippen LogP contribution < -0.4 is 4.74 Å². The fourth-order valence-corrected chi connectivity index (χ4v) is 2.25. The van der Waals surface area contributed by atoms with Crippen molar-refractivity contribution < 1.29 is 9.53 Å². The largest absolute Gasteiger partial charge is 0.493 e. The second-order valence-corrected chi connectivity index (χ2v) is 5.42. The van der Waals surface area contributed by atoms with E-state index >= 15 is 0 Å². The third-order valence-electron chi connectivity index (χ3n) is 3.05.